The molecule has 1 aromatic carbocycles. The van der Waals surface area contributed by atoms with Crippen molar-refractivity contribution in [3.8, 4) is 0 Å². The summed E-state index contributed by atoms with van der Waals surface area (Å²) in [4.78, 5) is 7.95. The molecule has 1 aromatic heterocycles. The highest BCUT2D eigenvalue weighted by atomic mass is 19.1. The fraction of sp³-hybridized carbons (Fsp3) is 0.167. The van der Waals surface area contributed by atoms with E-state index in [0.717, 1.165) is 11.3 Å². The minimum absolute atomic E-state index is 0.168. The van der Waals surface area contributed by atoms with Crippen LogP contribution in [0.4, 0.5) is 21.8 Å². The summed E-state index contributed by atoms with van der Waals surface area (Å²) in [6.45, 7) is 3.63. The number of benzene rings is 1. The molecule has 0 bridgehead atoms. The Hall–Kier alpha value is -2.17. The van der Waals surface area contributed by atoms with Gasteiger partial charge in [-0.05, 0) is 25.5 Å². The van der Waals surface area contributed by atoms with E-state index in [4.69, 9.17) is 5.73 Å². The van der Waals surface area contributed by atoms with Crippen molar-refractivity contribution in [2.75, 3.05) is 11.1 Å². The third kappa shape index (κ3) is 2.50. The monoisotopic (exact) mass is 232 g/mol. The average molecular weight is 232 g/mol. The van der Waals surface area contributed by atoms with Crippen LogP contribution in [0.25, 0.3) is 0 Å². The van der Waals surface area contributed by atoms with Gasteiger partial charge in [-0.1, -0.05) is 12.1 Å². The van der Waals surface area contributed by atoms with Crippen molar-refractivity contribution >= 4 is 17.5 Å². The topological polar surface area (TPSA) is 63.8 Å². The Morgan fingerprint density at radius 2 is 2.00 bits per heavy atom. The SMILES string of the molecule is Cc1cc(Nc2c(C)cccc2F)nc(N)n1. The number of hydrogen-bond donors (Lipinski definition) is 2. The third-order valence-corrected chi connectivity index (χ3v) is 2.35. The number of anilines is 3. The standard InChI is InChI=1S/C12H13FN4/c1-7-4-3-5-9(13)11(7)16-10-6-8(2)15-12(14)17-10/h3-6H,1-2H3,(H3,14,15,16,17). The molecule has 4 nitrogen and oxygen atoms in total. The summed E-state index contributed by atoms with van der Waals surface area (Å²) in [6.07, 6.45) is 0. The molecular formula is C12H13FN4. The van der Waals surface area contributed by atoms with Gasteiger partial charge in [0.05, 0.1) is 5.69 Å². The number of aryl methyl sites for hydroxylation is 2. The maximum Gasteiger partial charge on any atom is 0.222 e. The Kier molecular flexibility index (Phi) is 2.91. The maximum absolute atomic E-state index is 13.6. The molecule has 17 heavy (non-hydrogen) atoms. The fourth-order valence-corrected chi connectivity index (χ4v) is 1.57. The molecule has 0 unspecified atom stereocenters. The van der Waals surface area contributed by atoms with Crippen LogP contribution in [-0.2, 0) is 0 Å². The van der Waals surface area contributed by atoms with Gasteiger partial charge in [0.25, 0.3) is 0 Å². The molecule has 0 radical (unpaired) electrons. The summed E-state index contributed by atoms with van der Waals surface area (Å²) < 4.78 is 13.6. The van der Waals surface area contributed by atoms with Gasteiger partial charge in [0.1, 0.15) is 11.6 Å². The van der Waals surface area contributed by atoms with Gasteiger partial charge in [0.2, 0.25) is 5.95 Å². The first-order valence-corrected chi connectivity index (χ1v) is 5.19. The van der Waals surface area contributed by atoms with E-state index in [1.165, 1.54) is 6.07 Å². The lowest BCUT2D eigenvalue weighted by Crippen LogP contribution is -2.03. The average Bonchev–Trinajstić information content (AvgIpc) is 2.22. The minimum Gasteiger partial charge on any atom is -0.368 e. The molecule has 0 atom stereocenters. The number of nitrogen functional groups attached to an aromatic ring is 1. The van der Waals surface area contributed by atoms with Crippen LogP contribution < -0.4 is 11.1 Å². The van der Waals surface area contributed by atoms with E-state index >= 15 is 0 Å². The maximum atomic E-state index is 13.6. The molecule has 0 spiro atoms. The van der Waals surface area contributed by atoms with E-state index in [9.17, 15) is 4.39 Å². The molecule has 0 saturated heterocycles. The molecule has 88 valence electrons. The summed E-state index contributed by atoms with van der Waals surface area (Å²) in [5, 5.41) is 2.92. The van der Waals surface area contributed by atoms with Crippen LogP contribution in [0.3, 0.4) is 0 Å². The highest BCUT2D eigenvalue weighted by Gasteiger charge is 2.07. The van der Waals surface area contributed by atoms with Crippen LogP contribution in [0, 0.1) is 19.7 Å². The molecule has 2 aromatic rings. The largest absolute Gasteiger partial charge is 0.368 e. The Labute approximate surface area is 98.7 Å². The van der Waals surface area contributed by atoms with Crippen LogP contribution in [0.5, 0.6) is 0 Å². The van der Waals surface area contributed by atoms with Crippen LogP contribution in [0.15, 0.2) is 24.3 Å². The predicted octanol–water partition coefficient (Wildman–Crippen LogP) is 2.56. The normalized spacial score (nSPS) is 10.3. The van der Waals surface area contributed by atoms with Gasteiger partial charge in [-0.15, -0.1) is 0 Å². The first-order chi connectivity index (χ1) is 8.06. The van der Waals surface area contributed by atoms with Crippen molar-refractivity contribution in [3.63, 3.8) is 0 Å². The summed E-state index contributed by atoms with van der Waals surface area (Å²) in [5.41, 5.74) is 7.48. The Balaban J connectivity index is 2.38. The molecule has 3 N–H and O–H groups in total. The summed E-state index contributed by atoms with van der Waals surface area (Å²) >= 11 is 0. The number of rotatable bonds is 2. The highest BCUT2D eigenvalue weighted by molar-refractivity contribution is 5.61. The van der Waals surface area contributed by atoms with Crippen molar-refractivity contribution in [2.24, 2.45) is 0 Å². The zero-order chi connectivity index (χ0) is 12.4. The molecule has 5 heteroatoms. The lowest BCUT2D eigenvalue weighted by molar-refractivity contribution is 0.630. The molecule has 0 fully saturated rings. The summed E-state index contributed by atoms with van der Waals surface area (Å²) in [5.74, 6) is 0.338. The van der Waals surface area contributed by atoms with E-state index in [1.54, 1.807) is 19.1 Å². The molecule has 0 aliphatic carbocycles. The van der Waals surface area contributed by atoms with Crippen molar-refractivity contribution in [1.82, 2.24) is 9.97 Å². The van der Waals surface area contributed by atoms with E-state index in [-0.39, 0.29) is 11.8 Å². The molecule has 2 rings (SSSR count). The lowest BCUT2D eigenvalue weighted by Gasteiger charge is -2.10. The molecule has 0 aliphatic rings. The van der Waals surface area contributed by atoms with Gasteiger partial charge < -0.3 is 11.1 Å². The van der Waals surface area contributed by atoms with Crippen LogP contribution in [0.2, 0.25) is 0 Å². The number of halogens is 1. The number of nitrogens with two attached hydrogens (primary N) is 1. The highest BCUT2D eigenvalue weighted by Crippen LogP contribution is 2.23. The first kappa shape index (κ1) is 11.3. The van der Waals surface area contributed by atoms with Crippen LogP contribution >= 0.6 is 0 Å². The molecule has 1 heterocycles. The summed E-state index contributed by atoms with van der Waals surface area (Å²) in [6, 6.07) is 6.59. The van der Waals surface area contributed by atoms with E-state index in [0.29, 0.717) is 11.5 Å². The molecule has 0 amide bonds. The minimum atomic E-state index is -0.320. The van der Waals surface area contributed by atoms with E-state index in [1.807, 2.05) is 13.0 Å². The second-order valence-electron chi connectivity index (χ2n) is 3.81. The van der Waals surface area contributed by atoms with Gasteiger partial charge in [0, 0.05) is 11.8 Å². The molecule has 0 saturated carbocycles. The van der Waals surface area contributed by atoms with Gasteiger partial charge >= 0.3 is 0 Å². The molecular weight excluding hydrogens is 219 g/mol. The number of nitrogens with zero attached hydrogens (tertiary/aromatic N) is 2. The zero-order valence-corrected chi connectivity index (χ0v) is 9.66. The first-order valence-electron chi connectivity index (χ1n) is 5.19. The van der Waals surface area contributed by atoms with Crippen LogP contribution in [0.1, 0.15) is 11.3 Å². The van der Waals surface area contributed by atoms with Gasteiger partial charge in [0.15, 0.2) is 0 Å². The van der Waals surface area contributed by atoms with Gasteiger partial charge in [-0.2, -0.15) is 4.98 Å². The smallest absolute Gasteiger partial charge is 0.222 e. The van der Waals surface area contributed by atoms with Crippen molar-refractivity contribution < 1.29 is 4.39 Å². The van der Waals surface area contributed by atoms with Crippen molar-refractivity contribution in [2.45, 2.75) is 13.8 Å². The van der Waals surface area contributed by atoms with Crippen LogP contribution in [-0.4, -0.2) is 9.97 Å². The fourth-order valence-electron chi connectivity index (χ4n) is 1.57. The lowest BCUT2D eigenvalue weighted by atomic mass is 10.2. The number of nitrogens with one attached hydrogen (secondary N) is 1. The number of hydrogen-bond acceptors (Lipinski definition) is 4. The Morgan fingerprint density at radius 3 is 2.65 bits per heavy atom. The van der Waals surface area contributed by atoms with Gasteiger partial charge in [-0.3, -0.25) is 0 Å². The number of para-hydroxylation sites is 1. The van der Waals surface area contributed by atoms with Crippen molar-refractivity contribution in [1.29, 1.82) is 0 Å². The van der Waals surface area contributed by atoms with E-state index < -0.39 is 0 Å². The number of aromatic nitrogens is 2. The Morgan fingerprint density at radius 1 is 1.24 bits per heavy atom. The summed E-state index contributed by atoms with van der Waals surface area (Å²) in [7, 11) is 0. The second-order valence-corrected chi connectivity index (χ2v) is 3.81. The van der Waals surface area contributed by atoms with Gasteiger partial charge in [-0.25, -0.2) is 9.37 Å². The predicted molar refractivity (Wildman–Crippen MR) is 65.6 cm³/mol. The Bertz CT molecular complexity index is 514. The third-order valence-electron chi connectivity index (χ3n) is 2.35. The quantitative estimate of drug-likeness (QED) is 0.835. The molecule has 0 aliphatic heterocycles. The van der Waals surface area contributed by atoms with Crippen molar-refractivity contribution in [3.05, 3.63) is 41.3 Å². The zero-order valence-electron chi connectivity index (χ0n) is 9.66. The van der Waals surface area contributed by atoms with E-state index in [2.05, 4.69) is 15.3 Å². The second kappa shape index (κ2) is 4.37.